The first-order valence-corrected chi connectivity index (χ1v) is 8.46. The number of ether oxygens (including phenoxy) is 2. The molecule has 1 N–H and O–H groups in total. The number of nitrogens with one attached hydrogen (secondary N) is 1. The maximum absolute atomic E-state index is 12.4. The lowest BCUT2D eigenvalue weighted by Gasteiger charge is -2.17. The Bertz CT molecular complexity index is 810. The molecule has 0 saturated carbocycles. The van der Waals surface area contributed by atoms with Crippen LogP contribution in [-0.2, 0) is 4.74 Å². The standard InChI is InChI=1S/C19H19NO3S/c1-22-15-8-5-7-13(10-15)16(23-2)12-20-19(21)18-11-14-6-3-4-9-17(14)24-18/h3-11,16H,12H2,1-2H3,(H,20,21)/t16-/m0/s1. The summed E-state index contributed by atoms with van der Waals surface area (Å²) in [5, 5.41) is 4.04. The van der Waals surface area contributed by atoms with Gasteiger partial charge in [0.25, 0.3) is 5.91 Å². The highest BCUT2D eigenvalue weighted by Gasteiger charge is 2.15. The number of benzene rings is 2. The number of amides is 1. The van der Waals surface area contributed by atoms with Gasteiger partial charge in [-0.1, -0.05) is 30.3 Å². The predicted octanol–water partition coefficient (Wildman–Crippen LogP) is 4.03. The number of hydrogen-bond acceptors (Lipinski definition) is 4. The quantitative estimate of drug-likeness (QED) is 0.736. The molecule has 3 aromatic rings. The first-order valence-electron chi connectivity index (χ1n) is 7.65. The highest BCUT2D eigenvalue weighted by Crippen LogP contribution is 2.25. The molecule has 5 heteroatoms. The lowest BCUT2D eigenvalue weighted by atomic mass is 10.1. The molecule has 0 aliphatic heterocycles. The summed E-state index contributed by atoms with van der Waals surface area (Å²) in [6.07, 6.45) is -0.224. The van der Waals surface area contributed by atoms with Crippen molar-refractivity contribution >= 4 is 27.3 Å². The molecule has 1 amide bonds. The fraction of sp³-hybridized carbons (Fsp3) is 0.211. The van der Waals surface area contributed by atoms with E-state index in [1.807, 2.05) is 54.6 Å². The largest absolute Gasteiger partial charge is 0.497 e. The van der Waals surface area contributed by atoms with Gasteiger partial charge in [0, 0.05) is 18.4 Å². The van der Waals surface area contributed by atoms with Crippen molar-refractivity contribution in [3.63, 3.8) is 0 Å². The van der Waals surface area contributed by atoms with Crippen LogP contribution < -0.4 is 10.1 Å². The summed E-state index contributed by atoms with van der Waals surface area (Å²) >= 11 is 1.49. The van der Waals surface area contributed by atoms with E-state index >= 15 is 0 Å². The zero-order valence-electron chi connectivity index (χ0n) is 13.6. The van der Waals surface area contributed by atoms with Gasteiger partial charge in [-0.3, -0.25) is 4.79 Å². The third kappa shape index (κ3) is 3.58. The Balaban J connectivity index is 1.69. The smallest absolute Gasteiger partial charge is 0.261 e. The average molecular weight is 341 g/mol. The summed E-state index contributed by atoms with van der Waals surface area (Å²) < 4.78 is 11.9. The molecule has 124 valence electrons. The molecule has 0 fully saturated rings. The molecular weight excluding hydrogens is 322 g/mol. The van der Waals surface area contributed by atoms with E-state index in [9.17, 15) is 4.79 Å². The molecule has 0 aliphatic rings. The maximum Gasteiger partial charge on any atom is 0.261 e. The SMILES string of the molecule is COc1cccc([C@H](CNC(=O)c2cc3ccccc3s2)OC)c1. The fourth-order valence-corrected chi connectivity index (χ4v) is 3.52. The van der Waals surface area contributed by atoms with Crippen LogP contribution in [0.1, 0.15) is 21.3 Å². The van der Waals surface area contributed by atoms with Crippen LogP contribution in [0.3, 0.4) is 0 Å². The Morgan fingerprint density at radius 3 is 2.71 bits per heavy atom. The minimum Gasteiger partial charge on any atom is -0.497 e. The highest BCUT2D eigenvalue weighted by atomic mass is 32.1. The summed E-state index contributed by atoms with van der Waals surface area (Å²) in [4.78, 5) is 13.1. The normalized spacial score (nSPS) is 12.1. The van der Waals surface area contributed by atoms with Gasteiger partial charge in [-0.15, -0.1) is 11.3 Å². The maximum atomic E-state index is 12.4. The third-order valence-corrected chi connectivity index (χ3v) is 4.96. The molecule has 0 aliphatic carbocycles. The minimum atomic E-state index is -0.224. The molecule has 2 aromatic carbocycles. The van der Waals surface area contributed by atoms with Gasteiger partial charge in [-0.2, -0.15) is 0 Å². The first kappa shape index (κ1) is 16.5. The molecule has 1 heterocycles. The molecule has 0 saturated heterocycles. The van der Waals surface area contributed by atoms with Gasteiger partial charge in [0.05, 0.1) is 18.1 Å². The van der Waals surface area contributed by atoms with Crippen LogP contribution in [0.5, 0.6) is 5.75 Å². The van der Waals surface area contributed by atoms with E-state index in [1.165, 1.54) is 11.3 Å². The predicted molar refractivity (Wildman–Crippen MR) is 96.9 cm³/mol. The van der Waals surface area contributed by atoms with Crippen LogP contribution in [0, 0.1) is 0 Å². The van der Waals surface area contributed by atoms with Crippen molar-refractivity contribution in [3.05, 3.63) is 65.0 Å². The lowest BCUT2D eigenvalue weighted by Crippen LogP contribution is -2.28. The van der Waals surface area contributed by atoms with E-state index < -0.39 is 0 Å². The van der Waals surface area contributed by atoms with E-state index in [0.29, 0.717) is 11.4 Å². The van der Waals surface area contributed by atoms with Crippen molar-refractivity contribution in [2.24, 2.45) is 0 Å². The van der Waals surface area contributed by atoms with Crippen molar-refractivity contribution in [2.45, 2.75) is 6.10 Å². The second-order valence-corrected chi connectivity index (χ2v) is 6.44. The molecular formula is C19H19NO3S. The summed E-state index contributed by atoms with van der Waals surface area (Å²) in [5.41, 5.74) is 0.966. The van der Waals surface area contributed by atoms with Gasteiger partial charge < -0.3 is 14.8 Å². The summed E-state index contributed by atoms with van der Waals surface area (Å²) in [7, 11) is 3.26. The van der Waals surface area contributed by atoms with Gasteiger partial charge >= 0.3 is 0 Å². The Morgan fingerprint density at radius 1 is 1.12 bits per heavy atom. The fourth-order valence-electron chi connectivity index (χ4n) is 2.55. The van der Waals surface area contributed by atoms with Gasteiger partial charge in [0.2, 0.25) is 0 Å². The highest BCUT2D eigenvalue weighted by molar-refractivity contribution is 7.20. The molecule has 3 rings (SSSR count). The van der Waals surface area contributed by atoms with E-state index in [2.05, 4.69) is 5.32 Å². The van der Waals surface area contributed by atoms with Crippen molar-refractivity contribution in [1.29, 1.82) is 0 Å². The molecule has 24 heavy (non-hydrogen) atoms. The average Bonchev–Trinajstić information content (AvgIpc) is 3.06. The van der Waals surface area contributed by atoms with E-state index in [-0.39, 0.29) is 12.0 Å². The number of hydrogen-bond donors (Lipinski definition) is 1. The number of carbonyl (C=O) groups excluding carboxylic acids is 1. The number of rotatable bonds is 6. The topological polar surface area (TPSA) is 47.6 Å². The monoisotopic (exact) mass is 341 g/mol. The summed E-state index contributed by atoms with van der Waals surface area (Å²) in [6, 6.07) is 17.6. The molecule has 0 bridgehead atoms. The number of methoxy groups -OCH3 is 2. The molecule has 0 radical (unpaired) electrons. The van der Waals surface area contributed by atoms with Crippen LogP contribution in [0.4, 0.5) is 0 Å². The molecule has 4 nitrogen and oxygen atoms in total. The van der Waals surface area contributed by atoms with Gasteiger partial charge in [0.1, 0.15) is 5.75 Å². The Labute approximate surface area is 145 Å². The Hall–Kier alpha value is -2.37. The third-order valence-electron chi connectivity index (χ3n) is 3.85. The molecule has 1 aromatic heterocycles. The van der Waals surface area contributed by atoms with Crippen molar-refractivity contribution in [1.82, 2.24) is 5.32 Å². The van der Waals surface area contributed by atoms with E-state index in [1.54, 1.807) is 14.2 Å². The molecule has 0 spiro atoms. The van der Waals surface area contributed by atoms with Gasteiger partial charge in [-0.05, 0) is 35.2 Å². The van der Waals surface area contributed by atoms with Crippen LogP contribution in [0.15, 0.2) is 54.6 Å². The van der Waals surface area contributed by atoms with Gasteiger partial charge in [-0.25, -0.2) is 0 Å². The summed E-state index contributed by atoms with van der Waals surface area (Å²) in [6.45, 7) is 0.400. The van der Waals surface area contributed by atoms with Crippen molar-refractivity contribution in [2.75, 3.05) is 20.8 Å². The second-order valence-electron chi connectivity index (χ2n) is 5.36. The van der Waals surface area contributed by atoms with Crippen LogP contribution in [0.25, 0.3) is 10.1 Å². The van der Waals surface area contributed by atoms with E-state index in [4.69, 9.17) is 9.47 Å². The van der Waals surface area contributed by atoms with Crippen LogP contribution in [-0.4, -0.2) is 26.7 Å². The minimum absolute atomic E-state index is 0.0823. The van der Waals surface area contributed by atoms with Crippen molar-refractivity contribution in [3.8, 4) is 5.75 Å². The lowest BCUT2D eigenvalue weighted by molar-refractivity contribution is 0.0830. The van der Waals surface area contributed by atoms with E-state index in [0.717, 1.165) is 21.4 Å². The number of carbonyl (C=O) groups is 1. The zero-order chi connectivity index (χ0) is 16.9. The Morgan fingerprint density at radius 2 is 1.96 bits per heavy atom. The van der Waals surface area contributed by atoms with Gasteiger partial charge in [0.15, 0.2) is 0 Å². The number of thiophene rings is 1. The Kier molecular flexibility index (Phi) is 5.13. The van der Waals surface area contributed by atoms with Crippen LogP contribution in [0.2, 0.25) is 0 Å². The first-order chi connectivity index (χ1) is 11.7. The number of fused-ring (bicyclic) bond motifs is 1. The second kappa shape index (κ2) is 7.47. The van der Waals surface area contributed by atoms with Crippen molar-refractivity contribution < 1.29 is 14.3 Å². The zero-order valence-corrected chi connectivity index (χ0v) is 14.4. The van der Waals surface area contributed by atoms with Crippen LogP contribution >= 0.6 is 11.3 Å². The molecule has 1 atom stereocenters. The molecule has 0 unspecified atom stereocenters. The summed E-state index contributed by atoms with van der Waals surface area (Å²) in [5.74, 6) is 0.687.